The Morgan fingerprint density at radius 3 is 2.67 bits per heavy atom. The second kappa shape index (κ2) is 10.3. The maximum atomic E-state index is 14.2. The first-order valence-electron chi connectivity index (χ1n) is 13.5. The van der Waals surface area contributed by atoms with Gasteiger partial charge < -0.3 is 5.32 Å². The van der Waals surface area contributed by atoms with Gasteiger partial charge in [-0.05, 0) is 67.8 Å². The van der Waals surface area contributed by atoms with Crippen molar-refractivity contribution in [3.8, 4) is 5.69 Å². The van der Waals surface area contributed by atoms with Crippen LogP contribution in [0.25, 0.3) is 28.2 Å². The molecule has 196 valence electrons. The molecule has 39 heavy (non-hydrogen) atoms. The summed E-state index contributed by atoms with van der Waals surface area (Å²) in [6.45, 7) is 3.70. The van der Waals surface area contributed by atoms with E-state index in [2.05, 4.69) is 27.6 Å². The Balaban J connectivity index is 1.45. The van der Waals surface area contributed by atoms with E-state index in [-0.39, 0.29) is 11.5 Å². The quantitative estimate of drug-likeness (QED) is 0.298. The molecule has 0 spiro atoms. The summed E-state index contributed by atoms with van der Waals surface area (Å²) in [4.78, 5) is 32.0. The van der Waals surface area contributed by atoms with Crippen LogP contribution < -0.4 is 10.9 Å². The molecular weight excluding hydrogens is 486 g/mol. The number of pyridine rings is 1. The zero-order chi connectivity index (χ0) is 26.9. The van der Waals surface area contributed by atoms with Gasteiger partial charge in [-0.3, -0.25) is 14.2 Å². The Labute approximate surface area is 226 Å². The summed E-state index contributed by atoms with van der Waals surface area (Å²) in [7, 11) is 0. The lowest BCUT2D eigenvalue weighted by Gasteiger charge is -2.21. The number of aryl methyl sites for hydroxylation is 1. The molecule has 0 radical (unpaired) electrons. The monoisotopic (exact) mass is 517 g/mol. The van der Waals surface area contributed by atoms with Gasteiger partial charge in [-0.2, -0.15) is 5.10 Å². The lowest BCUT2D eigenvalue weighted by atomic mass is 10.0. The maximum Gasteiger partial charge on any atom is 0.263 e. The number of carbonyl (C=O) groups excluding carboxylic acids is 1. The second-order valence-corrected chi connectivity index (χ2v) is 10.3. The summed E-state index contributed by atoms with van der Waals surface area (Å²) in [6.07, 6.45) is 12.7. The van der Waals surface area contributed by atoms with E-state index in [0.717, 1.165) is 16.6 Å². The van der Waals surface area contributed by atoms with Gasteiger partial charge >= 0.3 is 0 Å². The van der Waals surface area contributed by atoms with Crippen molar-refractivity contribution in [2.24, 2.45) is 5.92 Å². The summed E-state index contributed by atoms with van der Waals surface area (Å²) < 4.78 is 3.33. The summed E-state index contributed by atoms with van der Waals surface area (Å²) in [5.74, 6) is 0.290. The Morgan fingerprint density at radius 1 is 1.08 bits per heavy atom. The molecule has 6 rings (SSSR count). The molecule has 1 N–H and O–H groups in total. The highest BCUT2D eigenvalue weighted by atomic mass is 16.2. The average Bonchev–Trinajstić information content (AvgIpc) is 3.59. The number of amides is 1. The van der Waals surface area contributed by atoms with Gasteiger partial charge in [0.15, 0.2) is 5.65 Å². The minimum Gasteiger partial charge on any atom is -0.344 e. The van der Waals surface area contributed by atoms with E-state index in [9.17, 15) is 9.59 Å². The molecule has 1 aliphatic rings. The van der Waals surface area contributed by atoms with Gasteiger partial charge in [0.05, 0.1) is 17.1 Å². The highest BCUT2D eigenvalue weighted by Crippen LogP contribution is 2.28. The van der Waals surface area contributed by atoms with Crippen molar-refractivity contribution >= 4 is 28.4 Å². The highest BCUT2D eigenvalue weighted by Gasteiger charge is 2.23. The molecular formula is C32H31N5O2. The van der Waals surface area contributed by atoms with Crippen LogP contribution in [0.5, 0.6) is 0 Å². The number of nitrogens with zero attached hydrogens (tertiary/aromatic N) is 4. The van der Waals surface area contributed by atoms with Crippen LogP contribution in [0.4, 0.5) is 0 Å². The number of hydrogen-bond donors (Lipinski definition) is 1. The third kappa shape index (κ3) is 4.65. The predicted octanol–water partition coefficient (Wildman–Crippen LogP) is 6.04. The Bertz CT molecular complexity index is 1760. The highest BCUT2D eigenvalue weighted by molar-refractivity contribution is 6.01. The Kier molecular flexibility index (Phi) is 6.57. The molecule has 1 aliphatic carbocycles. The topological polar surface area (TPSA) is 81.3 Å². The lowest BCUT2D eigenvalue weighted by Crippen LogP contribution is -2.32. The molecule has 1 saturated carbocycles. The summed E-state index contributed by atoms with van der Waals surface area (Å²) in [6, 6.07) is 18.9. The van der Waals surface area contributed by atoms with Gasteiger partial charge in [0.1, 0.15) is 5.56 Å². The molecule has 1 amide bonds. The molecule has 0 saturated heterocycles. The smallest absolute Gasteiger partial charge is 0.263 e. The number of hydrogen-bond acceptors (Lipinski definition) is 4. The minimum atomic E-state index is -0.467. The van der Waals surface area contributed by atoms with E-state index in [0.29, 0.717) is 33.9 Å². The van der Waals surface area contributed by atoms with Gasteiger partial charge in [-0.15, -0.1) is 0 Å². The van der Waals surface area contributed by atoms with E-state index >= 15 is 0 Å². The first-order valence-corrected chi connectivity index (χ1v) is 13.5. The van der Waals surface area contributed by atoms with Gasteiger partial charge in [0.2, 0.25) is 0 Å². The molecule has 2 aromatic carbocycles. The lowest BCUT2D eigenvalue weighted by molar-refractivity contribution is 0.0939. The summed E-state index contributed by atoms with van der Waals surface area (Å²) in [5, 5.41) is 9.06. The standard InChI is InChI=1S/C32H31N5O2/c1-21(34-31(38)28-22(2)35-36-19-9-18-33-30(28)36)27-20-25-13-8-12-24(17-16-23-10-6-7-11-23)29(25)32(39)37(27)26-14-4-3-5-15-26/h3-5,8-9,12-21,23H,6-7,10-11H2,1-2H3,(H,34,38)/b17-16+/t21-/m0/s1. The van der Waals surface area contributed by atoms with Crippen LogP contribution in [0.3, 0.4) is 0 Å². The zero-order valence-corrected chi connectivity index (χ0v) is 22.2. The zero-order valence-electron chi connectivity index (χ0n) is 22.2. The van der Waals surface area contributed by atoms with Crippen molar-refractivity contribution in [1.29, 1.82) is 0 Å². The summed E-state index contributed by atoms with van der Waals surface area (Å²) >= 11 is 0. The third-order valence-electron chi connectivity index (χ3n) is 7.66. The number of para-hydroxylation sites is 1. The van der Waals surface area contributed by atoms with E-state index in [4.69, 9.17) is 0 Å². The normalized spacial score (nSPS) is 14.9. The van der Waals surface area contributed by atoms with Crippen LogP contribution in [-0.4, -0.2) is 25.1 Å². The molecule has 1 fully saturated rings. The number of allylic oxidation sites excluding steroid dienone is 1. The van der Waals surface area contributed by atoms with Crippen molar-refractivity contribution in [2.75, 3.05) is 0 Å². The SMILES string of the molecule is Cc1nn2cccnc2c1C(=O)N[C@@H](C)c1cc2cccc(/C=C/C3CCCC3)c2c(=O)n1-c1ccccc1. The van der Waals surface area contributed by atoms with Crippen LogP contribution in [0.15, 0.2) is 83.9 Å². The molecule has 1 atom stereocenters. The molecule has 3 aromatic heterocycles. The molecule has 3 heterocycles. The van der Waals surface area contributed by atoms with Crippen molar-refractivity contribution in [3.05, 3.63) is 112 Å². The van der Waals surface area contributed by atoms with Crippen LogP contribution in [0.1, 0.15) is 66.0 Å². The number of carbonyl (C=O) groups is 1. The van der Waals surface area contributed by atoms with Gasteiger partial charge in [-0.25, -0.2) is 9.50 Å². The van der Waals surface area contributed by atoms with Crippen LogP contribution >= 0.6 is 0 Å². The van der Waals surface area contributed by atoms with E-state index in [1.165, 1.54) is 25.7 Å². The predicted molar refractivity (Wildman–Crippen MR) is 154 cm³/mol. The van der Waals surface area contributed by atoms with Crippen LogP contribution in [0.2, 0.25) is 0 Å². The van der Waals surface area contributed by atoms with Crippen molar-refractivity contribution in [3.63, 3.8) is 0 Å². The van der Waals surface area contributed by atoms with Crippen molar-refractivity contribution in [2.45, 2.75) is 45.6 Å². The fourth-order valence-corrected chi connectivity index (χ4v) is 5.70. The maximum absolute atomic E-state index is 14.2. The van der Waals surface area contributed by atoms with Crippen LogP contribution in [-0.2, 0) is 0 Å². The number of benzene rings is 2. The Morgan fingerprint density at radius 2 is 1.87 bits per heavy atom. The number of nitrogens with one attached hydrogen (secondary N) is 1. The molecule has 0 bridgehead atoms. The molecule has 5 aromatic rings. The largest absolute Gasteiger partial charge is 0.344 e. The average molecular weight is 518 g/mol. The van der Waals surface area contributed by atoms with Gasteiger partial charge in [-0.1, -0.05) is 61.4 Å². The first-order chi connectivity index (χ1) is 19.0. The van der Waals surface area contributed by atoms with Crippen LogP contribution in [0, 0.1) is 12.8 Å². The van der Waals surface area contributed by atoms with Crippen molar-refractivity contribution in [1.82, 2.24) is 24.5 Å². The van der Waals surface area contributed by atoms with Gasteiger partial charge in [0, 0.05) is 23.8 Å². The summed E-state index contributed by atoms with van der Waals surface area (Å²) in [5.41, 5.74) is 3.79. The minimum absolute atomic E-state index is 0.102. The second-order valence-electron chi connectivity index (χ2n) is 10.3. The van der Waals surface area contributed by atoms with Crippen molar-refractivity contribution < 1.29 is 4.79 Å². The molecule has 7 heteroatoms. The molecule has 7 nitrogen and oxygen atoms in total. The van der Waals surface area contributed by atoms with E-state index < -0.39 is 6.04 Å². The van der Waals surface area contributed by atoms with E-state index in [1.54, 1.807) is 34.5 Å². The number of aromatic nitrogens is 4. The first kappa shape index (κ1) is 24.8. The number of fused-ring (bicyclic) bond motifs is 2. The van der Waals surface area contributed by atoms with E-state index in [1.807, 2.05) is 61.5 Å². The fraction of sp³-hybridized carbons (Fsp3) is 0.250. The third-order valence-corrected chi connectivity index (χ3v) is 7.66. The Hall–Kier alpha value is -4.52. The van der Waals surface area contributed by atoms with Gasteiger partial charge in [0.25, 0.3) is 11.5 Å². The fourth-order valence-electron chi connectivity index (χ4n) is 5.70. The number of rotatable bonds is 6. The molecule has 0 unspecified atom stereocenters. The molecule has 0 aliphatic heterocycles.